The summed E-state index contributed by atoms with van der Waals surface area (Å²) in [6, 6.07) is 16.0. The number of benzene rings is 2. The van der Waals surface area contributed by atoms with Gasteiger partial charge < -0.3 is 25.9 Å². The lowest BCUT2D eigenvalue weighted by molar-refractivity contribution is -0.121. The first-order valence-electron chi connectivity index (χ1n) is 18.1. The molecule has 4 heterocycles. The van der Waals surface area contributed by atoms with Crippen molar-refractivity contribution in [2.75, 3.05) is 19.6 Å². The van der Waals surface area contributed by atoms with Crippen LogP contribution in [-0.2, 0) is 11.4 Å². The fourth-order valence-electron chi connectivity index (χ4n) is 6.44. The van der Waals surface area contributed by atoms with Crippen molar-refractivity contribution in [2.24, 2.45) is 10.7 Å². The molecule has 1 atom stereocenters. The second-order valence-corrected chi connectivity index (χ2v) is 14.8. The summed E-state index contributed by atoms with van der Waals surface area (Å²) < 4.78 is 7.86. The molecule has 1 aliphatic rings. The Kier molecular flexibility index (Phi) is 12.8. The minimum absolute atomic E-state index is 0.0870. The number of hydrogen-bond donors (Lipinski definition) is 4. The van der Waals surface area contributed by atoms with Gasteiger partial charge in [0.2, 0.25) is 5.91 Å². The predicted octanol–water partition coefficient (Wildman–Crippen LogP) is 6.75. The lowest BCUT2D eigenvalue weighted by atomic mass is 9.99. The summed E-state index contributed by atoms with van der Waals surface area (Å²) >= 11 is 7.90. The van der Waals surface area contributed by atoms with Gasteiger partial charge in [0.05, 0.1) is 25.3 Å². The number of furan rings is 1. The monoisotopic (exact) mass is 765 g/mol. The maximum atomic E-state index is 13.3. The molecule has 0 spiro atoms. The molecule has 2 aromatic carbocycles. The molecule has 13 heteroatoms. The average molecular weight is 766 g/mol. The van der Waals surface area contributed by atoms with Gasteiger partial charge in [0.1, 0.15) is 22.6 Å². The zero-order valence-corrected chi connectivity index (χ0v) is 32.2. The Balaban J connectivity index is 0.948. The van der Waals surface area contributed by atoms with E-state index in [1.807, 2.05) is 47.9 Å². The number of rotatable bonds is 14. The number of halogens is 1. The van der Waals surface area contributed by atoms with Crippen LogP contribution in [-0.4, -0.2) is 57.0 Å². The Labute approximate surface area is 324 Å². The molecular formula is C41H44ClN7O4S. The van der Waals surface area contributed by atoms with E-state index < -0.39 is 6.04 Å². The molecule has 0 bridgehead atoms. The van der Waals surface area contributed by atoms with Crippen LogP contribution in [0.15, 0.2) is 64.0 Å². The topological polar surface area (TPSA) is 161 Å². The van der Waals surface area contributed by atoms with Gasteiger partial charge in [0.15, 0.2) is 11.6 Å². The summed E-state index contributed by atoms with van der Waals surface area (Å²) in [5, 5.41) is 26.3. The molecule has 3 aromatic heterocycles. The number of fused-ring (bicyclic) bond motifs is 3. The first kappa shape index (κ1) is 38.7. The zero-order valence-electron chi connectivity index (χ0n) is 30.7. The highest BCUT2D eigenvalue weighted by atomic mass is 35.5. The third kappa shape index (κ3) is 8.83. The van der Waals surface area contributed by atoms with Gasteiger partial charge in [0, 0.05) is 45.2 Å². The van der Waals surface area contributed by atoms with Gasteiger partial charge in [0.25, 0.3) is 5.91 Å². The maximum absolute atomic E-state index is 13.3. The molecule has 2 amide bonds. The van der Waals surface area contributed by atoms with Crippen LogP contribution in [0.2, 0.25) is 5.02 Å². The van der Waals surface area contributed by atoms with E-state index in [0.29, 0.717) is 40.8 Å². The van der Waals surface area contributed by atoms with Crippen molar-refractivity contribution in [3.8, 4) is 28.2 Å². The molecule has 0 unspecified atom stereocenters. The number of unbranched alkanes of at least 4 members (excludes halogenated alkanes) is 4. The van der Waals surface area contributed by atoms with E-state index in [4.69, 9.17) is 26.7 Å². The van der Waals surface area contributed by atoms with Crippen LogP contribution in [0, 0.1) is 32.6 Å². The number of aliphatic hydroxyl groups is 1. The first-order valence-corrected chi connectivity index (χ1v) is 19.3. The van der Waals surface area contributed by atoms with Crippen molar-refractivity contribution in [1.29, 1.82) is 0 Å². The highest BCUT2D eigenvalue weighted by Crippen LogP contribution is 2.39. The van der Waals surface area contributed by atoms with Crippen molar-refractivity contribution < 1.29 is 19.1 Å². The second-order valence-electron chi connectivity index (χ2n) is 13.2. The average Bonchev–Trinajstić information content (AvgIpc) is 3.87. The van der Waals surface area contributed by atoms with Crippen molar-refractivity contribution in [3.05, 3.63) is 110 Å². The molecule has 0 saturated carbocycles. The van der Waals surface area contributed by atoms with Crippen molar-refractivity contribution >= 4 is 40.5 Å². The van der Waals surface area contributed by atoms with E-state index in [9.17, 15) is 14.7 Å². The molecule has 0 saturated heterocycles. The molecule has 280 valence electrons. The Hall–Kier alpha value is -5.06. The number of carbonyl (C=O) groups excluding carboxylic acids is 2. The zero-order chi connectivity index (χ0) is 38.2. The number of hydrogen-bond acceptors (Lipinski definition) is 9. The first-order chi connectivity index (χ1) is 26.2. The summed E-state index contributed by atoms with van der Waals surface area (Å²) in [6.45, 7) is 7.30. The van der Waals surface area contributed by atoms with Crippen LogP contribution in [0.5, 0.6) is 0 Å². The van der Waals surface area contributed by atoms with Gasteiger partial charge in [-0.15, -0.1) is 21.5 Å². The molecule has 54 heavy (non-hydrogen) atoms. The number of aromatic nitrogens is 3. The smallest absolute Gasteiger partial charge is 0.287 e. The minimum atomic E-state index is -0.508. The summed E-state index contributed by atoms with van der Waals surface area (Å²) in [5.41, 5.74) is 11.5. The lowest BCUT2D eigenvalue weighted by Gasteiger charge is -2.13. The summed E-state index contributed by atoms with van der Waals surface area (Å²) in [6.07, 6.45) is 4.72. The van der Waals surface area contributed by atoms with Crippen molar-refractivity contribution in [3.63, 3.8) is 0 Å². The fraction of sp³-hybridized carbons (Fsp3) is 0.341. The van der Waals surface area contributed by atoms with Gasteiger partial charge >= 0.3 is 0 Å². The molecule has 5 N–H and O–H groups in total. The third-order valence-electron chi connectivity index (χ3n) is 9.41. The Morgan fingerprint density at radius 1 is 0.963 bits per heavy atom. The molecule has 0 radical (unpaired) electrons. The standard InChI is InChI=1S/C41H44ClN7O4S/c1-25-26(2)54-41-37(25)38(29-13-15-32(42)16-14-29)46-33(39-48-47-27(3)49(39)41)23-36(51)44-20-7-5-4-6-8-21-45-40(52)35-18-17-34(53-35)30-12-11-28(10-9-19-43)31(22-30)24-50/h11-18,22,33,50H,4-8,19-21,23-24,43H2,1-3H3,(H,44,51)(H,45,52)/t33-/m0/s1. The number of aliphatic hydroxyl groups excluding tert-OH is 1. The fourth-order valence-corrected chi connectivity index (χ4v) is 7.78. The van der Waals surface area contributed by atoms with Gasteiger partial charge in [-0.05, 0) is 87.2 Å². The lowest BCUT2D eigenvalue weighted by Crippen LogP contribution is -2.26. The molecule has 5 aromatic rings. The minimum Gasteiger partial charge on any atom is -0.451 e. The largest absolute Gasteiger partial charge is 0.451 e. The summed E-state index contributed by atoms with van der Waals surface area (Å²) in [4.78, 5) is 32.3. The van der Waals surface area contributed by atoms with E-state index in [0.717, 1.165) is 70.9 Å². The number of aliphatic imine (C=N–C) groups is 1. The van der Waals surface area contributed by atoms with Crippen LogP contribution in [0.25, 0.3) is 16.3 Å². The normalized spacial score (nSPS) is 13.3. The number of thiophene rings is 1. The van der Waals surface area contributed by atoms with E-state index in [1.54, 1.807) is 29.5 Å². The van der Waals surface area contributed by atoms with Crippen LogP contribution in [0.1, 0.15) is 99.5 Å². The van der Waals surface area contributed by atoms with E-state index in [1.165, 1.54) is 4.88 Å². The highest BCUT2D eigenvalue weighted by molar-refractivity contribution is 7.15. The van der Waals surface area contributed by atoms with Crippen LogP contribution >= 0.6 is 22.9 Å². The highest BCUT2D eigenvalue weighted by Gasteiger charge is 2.32. The van der Waals surface area contributed by atoms with Gasteiger partial charge in [-0.25, -0.2) is 0 Å². The molecule has 1 aliphatic heterocycles. The maximum Gasteiger partial charge on any atom is 0.287 e. The van der Waals surface area contributed by atoms with Crippen LogP contribution in [0.3, 0.4) is 0 Å². The SMILES string of the molecule is Cc1sc2c(c1C)C(c1ccc(Cl)cc1)=N[C@@H](CC(=O)NCCCCCCCNC(=O)c1ccc(-c3ccc(C#CCN)c(CO)c3)o1)c1nnc(C)n1-2. The molecule has 0 fully saturated rings. The van der Waals surface area contributed by atoms with E-state index >= 15 is 0 Å². The number of nitrogens with zero attached hydrogens (tertiary/aromatic N) is 4. The number of amides is 2. The van der Waals surface area contributed by atoms with E-state index in [-0.39, 0.29) is 37.1 Å². The number of aryl methyl sites for hydroxylation is 2. The predicted molar refractivity (Wildman–Crippen MR) is 212 cm³/mol. The molecular weight excluding hydrogens is 722 g/mol. The van der Waals surface area contributed by atoms with Crippen LogP contribution < -0.4 is 16.4 Å². The molecule has 0 aliphatic carbocycles. The quantitative estimate of drug-likeness (QED) is 0.0719. The Morgan fingerprint density at radius 3 is 2.43 bits per heavy atom. The van der Waals surface area contributed by atoms with Gasteiger partial charge in [-0.3, -0.25) is 19.1 Å². The number of carbonyl (C=O) groups is 2. The van der Waals surface area contributed by atoms with Crippen LogP contribution in [0.4, 0.5) is 0 Å². The summed E-state index contributed by atoms with van der Waals surface area (Å²) in [5.74, 6) is 7.56. The van der Waals surface area contributed by atoms with Gasteiger partial charge in [-0.2, -0.15) is 0 Å². The van der Waals surface area contributed by atoms with E-state index in [2.05, 4.69) is 46.5 Å². The molecule has 11 nitrogen and oxygen atoms in total. The Bertz CT molecular complexity index is 2220. The second kappa shape index (κ2) is 17.8. The van der Waals surface area contributed by atoms with Crippen molar-refractivity contribution in [1.82, 2.24) is 25.4 Å². The molecule has 6 rings (SSSR count). The van der Waals surface area contributed by atoms with Crippen molar-refractivity contribution in [2.45, 2.75) is 71.9 Å². The summed E-state index contributed by atoms with van der Waals surface area (Å²) in [7, 11) is 0. The number of nitrogens with two attached hydrogens (primary N) is 1. The number of nitrogens with one attached hydrogen (secondary N) is 2. The third-order valence-corrected chi connectivity index (χ3v) is 10.9. The Morgan fingerprint density at radius 2 is 1.69 bits per heavy atom. The van der Waals surface area contributed by atoms with Gasteiger partial charge in [-0.1, -0.05) is 54.8 Å².